The van der Waals surface area contributed by atoms with Gasteiger partial charge in [0.15, 0.2) is 0 Å². The van der Waals surface area contributed by atoms with E-state index < -0.39 is 23.6 Å². The van der Waals surface area contributed by atoms with Crippen LogP contribution in [0.3, 0.4) is 0 Å². The molecule has 1 N–H and O–H groups in total. The van der Waals surface area contributed by atoms with Gasteiger partial charge in [0.25, 0.3) is 0 Å². The van der Waals surface area contributed by atoms with Crippen molar-refractivity contribution in [1.82, 2.24) is 0 Å². The highest BCUT2D eigenvalue weighted by atomic mass is 79.9. The second kappa shape index (κ2) is 12.5. The van der Waals surface area contributed by atoms with Crippen molar-refractivity contribution in [3.63, 3.8) is 0 Å². The molecule has 0 amide bonds. The van der Waals surface area contributed by atoms with Gasteiger partial charge >= 0.3 is 7.60 Å². The molecule has 156 valence electrons. The van der Waals surface area contributed by atoms with Crippen molar-refractivity contribution in [3.05, 3.63) is 40.4 Å². The van der Waals surface area contributed by atoms with Gasteiger partial charge in [-0.3, -0.25) is 4.57 Å². The monoisotopic (exact) mass is 509 g/mol. The second-order valence-electron chi connectivity index (χ2n) is 5.30. The molecule has 1 aromatic rings. The summed E-state index contributed by atoms with van der Waals surface area (Å²) in [5.41, 5.74) is 0.857. The minimum atomic E-state index is -4.94. The Morgan fingerprint density at radius 3 is 1.93 bits per heavy atom. The molecule has 8 nitrogen and oxygen atoms in total. The Bertz CT molecular complexity index is 622. The Hall–Kier alpha value is -0.0300. The average Bonchev–Trinajstić information content (AvgIpc) is 2.51. The van der Waals surface area contributed by atoms with E-state index in [2.05, 4.69) is 15.9 Å². The third-order valence-corrected chi connectivity index (χ3v) is 6.43. The van der Waals surface area contributed by atoms with Crippen LogP contribution in [-0.4, -0.2) is 33.1 Å². The summed E-state index contributed by atoms with van der Waals surface area (Å²) in [6.45, 7) is 4.25. The molecule has 1 atom stereocenters. The van der Waals surface area contributed by atoms with Crippen molar-refractivity contribution < 1.29 is 47.4 Å². The number of hydrogen-bond donors (Lipinski definition) is 1. The Kier molecular flexibility index (Phi) is 12.5. The van der Waals surface area contributed by atoms with Gasteiger partial charge in [-0.15, -0.1) is 10.2 Å². The summed E-state index contributed by atoms with van der Waals surface area (Å²) in [6.07, 6.45) is 1.76. The molecular weight excluding hydrogens is 488 g/mol. The fourth-order valence-electron chi connectivity index (χ4n) is 1.98. The summed E-state index contributed by atoms with van der Waals surface area (Å²) in [4.78, 5) is 0.931. The van der Waals surface area contributed by atoms with Crippen molar-refractivity contribution in [1.29, 1.82) is 0 Å². The molecule has 0 aliphatic rings. The van der Waals surface area contributed by atoms with Crippen LogP contribution in [0.5, 0.6) is 0 Å². The lowest BCUT2D eigenvalue weighted by Crippen LogP contribution is -3.09. The first kappa shape index (κ1) is 27.0. The summed E-state index contributed by atoms with van der Waals surface area (Å²) < 4.78 is 58.9. The molecule has 0 radical (unpaired) electrons. The summed E-state index contributed by atoms with van der Waals surface area (Å²) >= 11 is 9.79. The summed E-state index contributed by atoms with van der Waals surface area (Å²) in [5, 5.41) is 0.526. The van der Waals surface area contributed by atoms with E-state index in [4.69, 9.17) is 39.3 Å². The Morgan fingerprint density at radius 1 is 1.19 bits per heavy atom. The molecule has 1 aromatic carbocycles. The molecule has 0 spiro atoms. The van der Waals surface area contributed by atoms with Crippen LogP contribution in [0, 0.1) is 10.2 Å². The molecule has 0 fully saturated rings. The highest BCUT2D eigenvalue weighted by Gasteiger charge is 2.39. The molecule has 0 bridgehead atoms. The molecule has 0 saturated heterocycles. The summed E-state index contributed by atoms with van der Waals surface area (Å²) in [7, 11) is -4.42. The standard InChI is InChI=1S/C15H22BrClNO3P.ClHO4/c1-5-20-22(19,21-6-2)15(18(3)4)11-14(17)12-7-9-13(16)10-8-12;2-1(3,4)5/h7-11,15H,5-6H2,1-4H3;(H,2,3,4,5)/b14-11-;. The van der Waals surface area contributed by atoms with Crippen LogP contribution in [-0.2, 0) is 13.6 Å². The van der Waals surface area contributed by atoms with E-state index in [-0.39, 0.29) is 0 Å². The van der Waals surface area contributed by atoms with Crippen molar-refractivity contribution in [2.24, 2.45) is 0 Å². The van der Waals surface area contributed by atoms with E-state index in [0.29, 0.717) is 18.2 Å². The minimum absolute atomic E-state index is 0.324. The van der Waals surface area contributed by atoms with Crippen LogP contribution in [0.2, 0.25) is 0 Å². The molecule has 1 rings (SSSR count). The highest BCUT2D eigenvalue weighted by Crippen LogP contribution is 2.51. The third kappa shape index (κ3) is 11.5. The highest BCUT2D eigenvalue weighted by molar-refractivity contribution is 9.10. The molecule has 27 heavy (non-hydrogen) atoms. The van der Waals surface area contributed by atoms with Gasteiger partial charge in [-0.2, -0.15) is 0 Å². The smallest absolute Gasteiger partial charge is 0.324 e. The first-order valence-corrected chi connectivity index (χ1v) is 11.8. The SMILES string of the molecule is CCOP(=O)(OCC)C(/C=C(\Cl)c1ccc(Br)cc1)[NH+](C)C.[O-][Cl+3]([O-])([O-])[O-]. The van der Waals surface area contributed by atoms with Gasteiger partial charge in [0, 0.05) is 10.5 Å². The maximum Gasteiger partial charge on any atom is 0.391 e. The lowest BCUT2D eigenvalue weighted by molar-refractivity contribution is -2.00. The van der Waals surface area contributed by atoms with E-state index >= 15 is 0 Å². The fraction of sp³-hybridized carbons (Fsp3) is 0.467. The fourth-order valence-corrected chi connectivity index (χ4v) is 4.66. The Balaban J connectivity index is 0.00000119. The molecule has 0 aliphatic carbocycles. The minimum Gasteiger partial charge on any atom is -0.324 e. The van der Waals surface area contributed by atoms with E-state index in [1.54, 1.807) is 19.9 Å². The zero-order valence-electron chi connectivity index (χ0n) is 15.3. The first-order chi connectivity index (χ1) is 12.3. The van der Waals surface area contributed by atoms with Crippen molar-refractivity contribution in [2.75, 3.05) is 27.3 Å². The molecule has 1 unspecified atom stereocenters. The first-order valence-electron chi connectivity index (χ1n) is 7.77. The van der Waals surface area contributed by atoms with Crippen LogP contribution in [0.4, 0.5) is 0 Å². The number of nitrogens with one attached hydrogen (secondary N) is 1. The molecule has 0 heterocycles. The molecule has 0 aliphatic heterocycles. The van der Waals surface area contributed by atoms with Gasteiger partial charge < -0.3 is 13.9 Å². The molecule has 12 heteroatoms. The molecular formula is C15H23BrCl2NO7P. The number of hydrogen-bond acceptors (Lipinski definition) is 7. The summed E-state index contributed by atoms with van der Waals surface area (Å²) in [6, 6.07) is 7.62. The number of benzene rings is 1. The lowest BCUT2D eigenvalue weighted by Gasteiger charge is -2.26. The quantitative estimate of drug-likeness (QED) is 0.444. The van der Waals surface area contributed by atoms with Gasteiger partial charge in [0.1, 0.15) is 0 Å². The van der Waals surface area contributed by atoms with Crippen molar-refractivity contribution in [3.8, 4) is 0 Å². The largest absolute Gasteiger partial charge is 0.391 e. The maximum absolute atomic E-state index is 13.0. The van der Waals surface area contributed by atoms with Crippen molar-refractivity contribution >= 4 is 40.2 Å². The zero-order chi connectivity index (χ0) is 21.3. The summed E-state index contributed by atoms with van der Waals surface area (Å²) in [5.74, 6) is -0.469. The normalized spacial score (nSPS) is 14.0. The zero-order valence-corrected chi connectivity index (χ0v) is 19.3. The topological polar surface area (TPSA) is 132 Å². The van der Waals surface area contributed by atoms with Crippen LogP contribution in [0.15, 0.2) is 34.8 Å². The van der Waals surface area contributed by atoms with E-state index in [9.17, 15) is 4.57 Å². The van der Waals surface area contributed by atoms with Gasteiger partial charge in [-0.25, -0.2) is 18.6 Å². The van der Waals surface area contributed by atoms with Crippen LogP contribution in [0.1, 0.15) is 19.4 Å². The lowest BCUT2D eigenvalue weighted by atomic mass is 10.2. The van der Waals surface area contributed by atoms with Gasteiger partial charge in [0.2, 0.25) is 5.78 Å². The molecule has 0 aromatic heterocycles. The molecule has 0 saturated carbocycles. The van der Waals surface area contributed by atoms with E-state index in [0.717, 1.165) is 14.9 Å². The van der Waals surface area contributed by atoms with Crippen LogP contribution < -0.4 is 23.5 Å². The average molecular weight is 511 g/mol. The second-order valence-corrected chi connectivity index (χ2v) is 9.53. The predicted molar refractivity (Wildman–Crippen MR) is 95.4 cm³/mol. The third-order valence-electron chi connectivity index (χ3n) is 2.97. The number of halogens is 3. The van der Waals surface area contributed by atoms with Gasteiger partial charge in [-0.1, -0.05) is 39.7 Å². The number of quaternary nitrogens is 1. The Morgan fingerprint density at radius 2 is 1.59 bits per heavy atom. The van der Waals surface area contributed by atoms with Gasteiger partial charge in [-0.05, 0) is 31.5 Å². The maximum atomic E-state index is 13.0. The predicted octanol–water partition coefficient (Wildman–Crippen LogP) is -0.990. The Labute approximate surface area is 174 Å². The van der Waals surface area contributed by atoms with Crippen molar-refractivity contribution in [2.45, 2.75) is 19.6 Å². The van der Waals surface area contributed by atoms with Crippen LogP contribution in [0.25, 0.3) is 5.03 Å². The van der Waals surface area contributed by atoms with Crippen LogP contribution >= 0.6 is 35.1 Å². The number of rotatable bonds is 8. The van der Waals surface area contributed by atoms with E-state index in [1.165, 1.54) is 0 Å². The van der Waals surface area contributed by atoms with E-state index in [1.807, 2.05) is 38.4 Å². The number of likely N-dealkylation sites (N-methyl/N-ethyl adjacent to an activating group) is 1. The van der Waals surface area contributed by atoms with Gasteiger partial charge in [0.05, 0.1) is 32.3 Å².